The zero-order chi connectivity index (χ0) is 36.0. The van der Waals surface area contributed by atoms with E-state index in [1.165, 1.54) is 6.07 Å². The summed E-state index contributed by atoms with van der Waals surface area (Å²) in [6.45, 7) is 0.268. The SMILES string of the molecule is COC(=O)c1cc([N+](=O)[O-])cc2c1-c1c(cc([N+](=O)[O-])cc1[N+](=O)[O-])C2=Cc1ccc(OCC(O)Cn2c3ccccc3c3ccccc32)cc1. The summed E-state index contributed by atoms with van der Waals surface area (Å²) in [5.41, 5.74) is 0.726. The van der Waals surface area contributed by atoms with Crippen molar-refractivity contribution in [2.75, 3.05) is 13.7 Å². The Morgan fingerprint density at radius 2 is 1.35 bits per heavy atom. The summed E-state index contributed by atoms with van der Waals surface area (Å²) in [6, 6.07) is 26.6. The summed E-state index contributed by atoms with van der Waals surface area (Å²) < 4.78 is 12.8. The van der Waals surface area contributed by atoms with Crippen LogP contribution in [0.3, 0.4) is 0 Å². The van der Waals surface area contributed by atoms with E-state index in [2.05, 4.69) is 4.57 Å². The predicted octanol–water partition coefficient (Wildman–Crippen LogP) is 7.31. The van der Waals surface area contributed by atoms with Crippen molar-refractivity contribution in [2.24, 2.45) is 0 Å². The van der Waals surface area contributed by atoms with Gasteiger partial charge in [0.1, 0.15) is 18.5 Å². The number of benzene rings is 5. The lowest BCUT2D eigenvalue weighted by molar-refractivity contribution is -0.393. The minimum absolute atomic E-state index is 0.00696. The molecule has 254 valence electrons. The minimum atomic E-state index is -0.975. The van der Waals surface area contributed by atoms with Crippen LogP contribution in [0.1, 0.15) is 27.0 Å². The summed E-state index contributed by atoms with van der Waals surface area (Å²) in [6.07, 6.45) is 0.702. The van der Waals surface area contributed by atoms with Gasteiger partial charge in [-0.1, -0.05) is 48.5 Å². The molecule has 1 N–H and O–H groups in total. The van der Waals surface area contributed by atoms with Crippen LogP contribution in [0.25, 0.3) is 44.6 Å². The fourth-order valence-corrected chi connectivity index (χ4v) is 6.60. The number of esters is 1. The van der Waals surface area contributed by atoms with Gasteiger partial charge in [0.15, 0.2) is 0 Å². The number of para-hydroxylation sites is 2. The monoisotopic (exact) mass is 686 g/mol. The van der Waals surface area contributed by atoms with Crippen molar-refractivity contribution < 1.29 is 34.1 Å². The standard InChI is InChI=1S/C37H26N4O10/c1-50-37(43)31-17-22(39(44)45)15-29-28(30-16-23(40(46)47)18-34(41(48)49)36(30)35(29)31)14-21-10-12-25(13-11-21)51-20-24(42)19-38-32-8-4-2-6-26(32)27-7-3-5-9-33(27)38/h2-18,24,42H,19-20H2,1H3. The van der Waals surface area contributed by atoms with E-state index in [1.54, 1.807) is 30.3 Å². The Morgan fingerprint density at radius 1 is 0.784 bits per heavy atom. The Balaban J connectivity index is 1.22. The zero-order valence-electron chi connectivity index (χ0n) is 26.7. The number of aliphatic hydroxyl groups excluding tert-OH is 1. The predicted molar refractivity (Wildman–Crippen MR) is 188 cm³/mol. The molecule has 1 unspecified atom stereocenters. The molecule has 1 atom stereocenters. The molecule has 51 heavy (non-hydrogen) atoms. The first-order chi connectivity index (χ1) is 24.5. The molecular formula is C37H26N4O10. The number of hydrogen-bond acceptors (Lipinski definition) is 10. The number of methoxy groups -OCH3 is 1. The highest BCUT2D eigenvalue weighted by molar-refractivity contribution is 6.15. The molecule has 0 fully saturated rings. The van der Waals surface area contributed by atoms with Gasteiger partial charge in [-0.3, -0.25) is 30.3 Å². The van der Waals surface area contributed by atoms with E-state index in [1.807, 2.05) is 48.5 Å². The number of rotatable bonds is 10. The Bertz CT molecular complexity index is 2420. The number of hydrogen-bond donors (Lipinski definition) is 1. The number of fused-ring (bicyclic) bond motifs is 6. The van der Waals surface area contributed by atoms with Gasteiger partial charge < -0.3 is 19.1 Å². The molecule has 0 spiro atoms. The zero-order valence-corrected chi connectivity index (χ0v) is 26.7. The highest BCUT2D eigenvalue weighted by Gasteiger charge is 2.38. The van der Waals surface area contributed by atoms with Gasteiger partial charge in [0.2, 0.25) is 0 Å². The van der Waals surface area contributed by atoms with E-state index in [4.69, 9.17) is 9.47 Å². The molecule has 0 saturated carbocycles. The fourth-order valence-electron chi connectivity index (χ4n) is 6.60. The van der Waals surface area contributed by atoms with Crippen LogP contribution >= 0.6 is 0 Å². The van der Waals surface area contributed by atoms with E-state index in [0.717, 1.165) is 47.1 Å². The van der Waals surface area contributed by atoms with Gasteiger partial charge in [-0.05, 0) is 47.0 Å². The van der Waals surface area contributed by atoms with Crippen LogP contribution in [0.2, 0.25) is 0 Å². The third-order valence-corrected chi connectivity index (χ3v) is 8.79. The molecule has 0 radical (unpaired) electrons. The third kappa shape index (κ3) is 5.78. The maximum atomic E-state index is 12.9. The van der Waals surface area contributed by atoms with Gasteiger partial charge in [0.25, 0.3) is 17.1 Å². The molecule has 14 heteroatoms. The lowest BCUT2D eigenvalue weighted by atomic mass is 9.96. The molecule has 1 heterocycles. The molecule has 1 aliphatic carbocycles. The molecule has 1 aromatic heterocycles. The number of carbonyl (C=O) groups is 1. The van der Waals surface area contributed by atoms with Gasteiger partial charge in [-0.15, -0.1) is 0 Å². The van der Waals surface area contributed by atoms with Gasteiger partial charge >= 0.3 is 5.97 Å². The van der Waals surface area contributed by atoms with Crippen molar-refractivity contribution in [3.63, 3.8) is 0 Å². The average Bonchev–Trinajstić information content (AvgIpc) is 3.62. The Hall–Kier alpha value is -6.93. The van der Waals surface area contributed by atoms with Crippen LogP contribution in [0.15, 0.2) is 97.1 Å². The third-order valence-electron chi connectivity index (χ3n) is 8.79. The number of aromatic nitrogens is 1. The van der Waals surface area contributed by atoms with Gasteiger partial charge in [-0.2, -0.15) is 0 Å². The second kappa shape index (κ2) is 12.8. The number of nitro groups is 3. The smallest absolute Gasteiger partial charge is 0.338 e. The van der Waals surface area contributed by atoms with Crippen molar-refractivity contribution >= 4 is 56.5 Å². The van der Waals surface area contributed by atoms with E-state index >= 15 is 0 Å². The molecule has 14 nitrogen and oxygen atoms in total. The van der Waals surface area contributed by atoms with Crippen LogP contribution in [0.4, 0.5) is 17.1 Å². The van der Waals surface area contributed by atoms with Crippen LogP contribution in [0, 0.1) is 30.3 Å². The van der Waals surface area contributed by atoms with Crippen LogP contribution < -0.4 is 4.74 Å². The molecule has 1 aliphatic rings. The highest BCUT2D eigenvalue weighted by atomic mass is 16.6. The second-order valence-corrected chi connectivity index (χ2v) is 11.8. The number of carbonyl (C=O) groups excluding carboxylic acids is 1. The van der Waals surface area contributed by atoms with E-state index in [-0.39, 0.29) is 46.5 Å². The molecule has 7 rings (SSSR count). The van der Waals surface area contributed by atoms with E-state index < -0.39 is 43.9 Å². The Kier molecular flexibility index (Phi) is 8.21. The fraction of sp³-hybridized carbons (Fsp3) is 0.108. The largest absolute Gasteiger partial charge is 0.491 e. The lowest BCUT2D eigenvalue weighted by Crippen LogP contribution is -2.23. The molecule has 0 saturated heterocycles. The number of ether oxygens (including phenoxy) is 2. The first kappa shape index (κ1) is 32.6. The average molecular weight is 687 g/mol. The van der Waals surface area contributed by atoms with Crippen molar-refractivity contribution in [1.82, 2.24) is 4.57 Å². The number of aliphatic hydroxyl groups is 1. The second-order valence-electron chi connectivity index (χ2n) is 11.8. The van der Waals surface area contributed by atoms with E-state index in [9.17, 15) is 40.2 Å². The summed E-state index contributed by atoms with van der Waals surface area (Å²) >= 11 is 0. The van der Waals surface area contributed by atoms with E-state index in [0.29, 0.717) is 11.3 Å². The summed E-state index contributed by atoms with van der Waals surface area (Å²) in [5, 5.41) is 49.0. The summed E-state index contributed by atoms with van der Waals surface area (Å²) in [4.78, 5) is 46.4. The van der Waals surface area contributed by atoms with Crippen molar-refractivity contribution in [1.29, 1.82) is 0 Å². The quantitative estimate of drug-likeness (QED) is 0.0867. The maximum Gasteiger partial charge on any atom is 0.338 e. The first-order valence-corrected chi connectivity index (χ1v) is 15.5. The van der Waals surface area contributed by atoms with Crippen molar-refractivity contribution in [2.45, 2.75) is 12.6 Å². The molecule has 5 aromatic carbocycles. The van der Waals surface area contributed by atoms with Gasteiger partial charge in [0, 0.05) is 51.1 Å². The normalized spacial score (nSPS) is 13.2. The number of nitrogens with zero attached hydrogens (tertiary/aromatic N) is 4. The summed E-state index contributed by atoms with van der Waals surface area (Å²) in [5.74, 6) is -0.544. The topological polar surface area (TPSA) is 190 Å². The molecule has 0 aliphatic heterocycles. The lowest BCUT2D eigenvalue weighted by Gasteiger charge is -2.15. The molecule has 0 bridgehead atoms. The van der Waals surface area contributed by atoms with Crippen LogP contribution in [-0.4, -0.2) is 50.2 Å². The summed E-state index contributed by atoms with van der Waals surface area (Å²) in [7, 11) is 1.07. The van der Waals surface area contributed by atoms with Gasteiger partial charge in [-0.25, -0.2) is 4.79 Å². The maximum absolute atomic E-state index is 12.9. The molecular weight excluding hydrogens is 660 g/mol. The highest BCUT2D eigenvalue weighted by Crippen LogP contribution is 2.53. The number of nitro benzene ring substituents is 3. The Morgan fingerprint density at radius 3 is 1.92 bits per heavy atom. The molecule has 0 amide bonds. The van der Waals surface area contributed by atoms with Crippen LogP contribution in [-0.2, 0) is 11.3 Å². The minimum Gasteiger partial charge on any atom is -0.491 e. The molecule has 6 aromatic rings. The van der Waals surface area contributed by atoms with Crippen molar-refractivity contribution in [3.8, 4) is 16.9 Å². The number of non-ortho nitro benzene ring substituents is 2. The first-order valence-electron chi connectivity index (χ1n) is 15.5. The van der Waals surface area contributed by atoms with Crippen LogP contribution in [0.5, 0.6) is 5.75 Å². The van der Waals surface area contributed by atoms with Crippen molar-refractivity contribution in [3.05, 3.63) is 150 Å². The Labute approximate surface area is 287 Å². The van der Waals surface area contributed by atoms with Gasteiger partial charge in [0.05, 0.1) is 45.6 Å².